The monoisotopic (exact) mass is 1650 g/mol. The highest BCUT2D eigenvalue weighted by Crippen LogP contribution is 2.44. The third kappa shape index (κ3) is 23.5. The number of esters is 1. The van der Waals surface area contributed by atoms with Crippen LogP contribution in [0.25, 0.3) is 21.8 Å². The molecule has 17 N–H and O–H groups in total. The summed E-state index contributed by atoms with van der Waals surface area (Å²) in [5.74, 6) is -7.54. The predicted molar refractivity (Wildman–Crippen MR) is 439 cm³/mol. The van der Waals surface area contributed by atoms with Crippen molar-refractivity contribution in [3.8, 4) is 0 Å². The van der Waals surface area contributed by atoms with Gasteiger partial charge in [-0.1, -0.05) is 101 Å². The Balaban J connectivity index is 0.000000180. The van der Waals surface area contributed by atoms with Crippen LogP contribution in [0.2, 0.25) is 0 Å². The molecule has 4 aliphatic heterocycles. The number of fused-ring (bicyclic) bond motifs is 6. The number of amides is 4. The van der Waals surface area contributed by atoms with Crippen LogP contribution in [0, 0.1) is 23.7 Å². The van der Waals surface area contributed by atoms with Crippen molar-refractivity contribution in [1.29, 1.82) is 0 Å². The lowest BCUT2D eigenvalue weighted by molar-refractivity contribution is -0.152. The lowest BCUT2D eigenvalue weighted by atomic mass is 9.84. The molecule has 0 bridgehead atoms. The first-order valence-corrected chi connectivity index (χ1v) is 43.1. The standard InChI is InChI=1S/2C24H31N3O5.C20H35N3O5.C18H31N3O5/c2*1-14(22(28)27-20-9-5-2-6-15(20)12-21(27)24(31)32)26-19(23(29)30)11-10-16-13-25-18-8-4-3-7-17(16)18;1-3-28-20(27)15(9-6-7-11-21)22-13(2)18(24)23-16-10-5-4-8-14(16)12-17(23)19(25)26;1-11(20-13(17(23)24)7-4-5-9-19)16(22)21-14-8-3-2-6-12(14)10-15(21)18(25)26/h2*3-4,7-8,13-15,19-21,25-26H,2,5-6,9-12H2,1H3,(H,29,30)(H,31,32);13-17,22H,3-12,21H2,1-2H3,(H,25,26);11-15,20H,2-10,19H2,1H3,(H,23,24)(H,25,26)/t2*14-,15+,19-,20-,21-;13-,14+,15-,16-,17-;11-,12+,13-,14-,15-/m0000/s1. The molecule has 4 saturated heterocycles. The van der Waals surface area contributed by atoms with Gasteiger partial charge in [-0.15, -0.1) is 0 Å². The van der Waals surface area contributed by atoms with Crippen LogP contribution in [-0.2, 0) is 75.1 Å². The van der Waals surface area contributed by atoms with Gasteiger partial charge >= 0.3 is 47.8 Å². The van der Waals surface area contributed by atoms with E-state index >= 15 is 0 Å². The van der Waals surface area contributed by atoms with E-state index in [1.807, 2.05) is 60.9 Å². The third-order valence-corrected chi connectivity index (χ3v) is 25.9. The highest BCUT2D eigenvalue weighted by Gasteiger charge is 2.53. The molecule has 4 amide bonds. The second kappa shape index (κ2) is 44.3. The van der Waals surface area contributed by atoms with Crippen molar-refractivity contribution in [3.05, 3.63) is 72.1 Å². The molecule has 8 fully saturated rings. The van der Waals surface area contributed by atoms with E-state index in [4.69, 9.17) is 16.2 Å². The number of nitrogens with zero attached hydrogens (tertiary/aromatic N) is 4. The Morgan fingerprint density at radius 3 is 0.949 bits per heavy atom. The third-order valence-electron chi connectivity index (χ3n) is 25.9. The number of nitrogens with one attached hydrogen (secondary N) is 6. The molecule has 0 spiro atoms. The van der Waals surface area contributed by atoms with Crippen molar-refractivity contribution < 1.29 is 98.0 Å². The summed E-state index contributed by atoms with van der Waals surface area (Å²) < 4.78 is 5.13. The largest absolute Gasteiger partial charge is 0.480 e. The summed E-state index contributed by atoms with van der Waals surface area (Å²) in [6.07, 6.45) is 26.8. The fourth-order valence-corrected chi connectivity index (χ4v) is 20.0. The molecule has 4 aromatic rings. The van der Waals surface area contributed by atoms with Crippen molar-refractivity contribution in [2.45, 2.75) is 324 Å². The number of aromatic amines is 2. The van der Waals surface area contributed by atoms with E-state index in [1.165, 1.54) is 14.7 Å². The van der Waals surface area contributed by atoms with Crippen LogP contribution in [0.1, 0.15) is 226 Å². The van der Waals surface area contributed by atoms with Crippen molar-refractivity contribution in [2.75, 3.05) is 19.7 Å². The van der Waals surface area contributed by atoms with Gasteiger partial charge in [-0.3, -0.25) is 59.6 Å². The SMILES string of the molecule is CCOC(=O)[C@H](CCCCN)N[C@@H](C)C(=O)N1[C@H](C(=O)O)C[C@H]2CCCC[C@@H]21.C[C@H](N[C@@H](CCCCN)C(=O)O)C(=O)N1[C@H](C(=O)O)C[C@H]2CCCC[C@@H]21.C[C@H](N[C@@H](CCc1c[nH]c2ccccc12)C(=O)O)C(=O)N1[C@H](C(=O)O)C[C@H]2CCCC[C@@H]21.C[C@H](N[C@@H](CCc1c[nH]c2ccccc12)C(=O)O)C(=O)N1[C@H](C(=O)O)C[C@H]2CCCC[C@@H]21. The number of rotatable bonds is 35. The first-order valence-electron chi connectivity index (χ1n) is 43.1. The smallest absolute Gasteiger partial charge is 0.326 e. The molecule has 652 valence electrons. The van der Waals surface area contributed by atoms with E-state index in [-0.39, 0.29) is 84.0 Å². The van der Waals surface area contributed by atoms with E-state index < -0.39 is 114 Å². The Morgan fingerprint density at radius 2 is 0.669 bits per heavy atom. The zero-order chi connectivity index (χ0) is 85.6. The van der Waals surface area contributed by atoms with Gasteiger partial charge < -0.3 is 81.5 Å². The van der Waals surface area contributed by atoms with Crippen LogP contribution in [0.4, 0.5) is 0 Å². The predicted octanol–water partition coefficient (Wildman–Crippen LogP) is 7.61. The second-order valence-corrected chi connectivity index (χ2v) is 33.7. The maximum Gasteiger partial charge on any atom is 0.326 e. The molecule has 8 aliphatic rings. The number of unbranched alkanes of at least 4 members (excludes halogenated alkanes) is 2. The number of aromatic nitrogens is 2. The average Bonchev–Trinajstić information content (AvgIpc) is 1.65. The maximum atomic E-state index is 13.3. The van der Waals surface area contributed by atoms with E-state index in [0.717, 1.165) is 155 Å². The molecule has 6 heterocycles. The van der Waals surface area contributed by atoms with Crippen LogP contribution in [0.15, 0.2) is 60.9 Å². The van der Waals surface area contributed by atoms with Crippen molar-refractivity contribution in [3.63, 3.8) is 0 Å². The summed E-state index contributed by atoms with van der Waals surface area (Å²) in [7, 11) is 0. The molecule has 2 aromatic carbocycles. The molecular formula is C86H128N12O20. The van der Waals surface area contributed by atoms with Crippen LogP contribution in [-0.4, -0.2) is 253 Å². The van der Waals surface area contributed by atoms with Crippen molar-refractivity contribution in [2.24, 2.45) is 35.1 Å². The Morgan fingerprint density at radius 1 is 0.398 bits per heavy atom. The van der Waals surface area contributed by atoms with Crippen LogP contribution >= 0.6 is 0 Å². The van der Waals surface area contributed by atoms with Gasteiger partial charge in [0.15, 0.2) is 0 Å². The number of carboxylic acid groups (broad SMARTS) is 7. The van der Waals surface area contributed by atoms with Crippen LogP contribution in [0.3, 0.4) is 0 Å². The molecule has 0 unspecified atom stereocenters. The first kappa shape index (κ1) is 92.8. The van der Waals surface area contributed by atoms with Gasteiger partial charge in [0.2, 0.25) is 23.6 Å². The van der Waals surface area contributed by atoms with E-state index in [2.05, 4.69) is 31.2 Å². The number of aryl methyl sites for hydroxylation is 2. The zero-order valence-electron chi connectivity index (χ0n) is 69.0. The van der Waals surface area contributed by atoms with E-state index in [9.17, 15) is 93.3 Å². The van der Waals surface area contributed by atoms with Gasteiger partial charge in [0.1, 0.15) is 48.3 Å². The number of carbonyl (C=O) groups excluding carboxylic acids is 5. The molecule has 0 radical (unpaired) electrons. The second-order valence-electron chi connectivity index (χ2n) is 33.7. The molecule has 4 saturated carbocycles. The Labute approximate surface area is 689 Å². The highest BCUT2D eigenvalue weighted by atomic mass is 16.5. The topological polar surface area (TPSA) is 500 Å². The van der Waals surface area contributed by atoms with Gasteiger partial charge in [0.25, 0.3) is 0 Å². The normalized spacial score (nSPS) is 25.8. The van der Waals surface area contributed by atoms with E-state index in [0.29, 0.717) is 83.7 Å². The molecule has 12 rings (SSSR count). The number of hydrogen-bond acceptors (Lipinski definition) is 19. The number of aliphatic carboxylic acids is 7. The van der Waals surface area contributed by atoms with Crippen LogP contribution in [0.5, 0.6) is 0 Å². The molecule has 32 nitrogen and oxygen atoms in total. The molecule has 2 aromatic heterocycles. The van der Waals surface area contributed by atoms with Gasteiger partial charge in [0, 0.05) is 58.4 Å². The maximum absolute atomic E-state index is 13.3. The number of para-hydroxylation sites is 2. The Kier molecular flexibility index (Phi) is 34.8. The number of likely N-dealkylation sites (tertiary alicyclic amines) is 4. The molecule has 4 aliphatic carbocycles. The van der Waals surface area contributed by atoms with Crippen molar-refractivity contribution in [1.82, 2.24) is 50.8 Å². The Hall–Kier alpha value is -9.08. The summed E-state index contributed by atoms with van der Waals surface area (Å²) in [4.78, 5) is 160. The number of hydrogen-bond donors (Lipinski definition) is 15. The summed E-state index contributed by atoms with van der Waals surface area (Å²) in [6, 6.07) is 6.11. The quantitative estimate of drug-likeness (QED) is 0.0155. The van der Waals surface area contributed by atoms with Crippen LogP contribution < -0.4 is 32.7 Å². The number of carbonyl (C=O) groups is 12. The summed E-state index contributed by atoms with van der Waals surface area (Å²) in [5, 5.41) is 81.5. The number of H-pyrrole nitrogens is 2. The van der Waals surface area contributed by atoms with E-state index in [1.54, 1.807) is 39.5 Å². The summed E-state index contributed by atoms with van der Waals surface area (Å²) in [6.45, 7) is 9.65. The van der Waals surface area contributed by atoms with Gasteiger partial charge in [-0.2, -0.15) is 0 Å². The molecular weight excluding hydrogens is 1520 g/mol. The number of ether oxygens (including phenoxy) is 1. The minimum Gasteiger partial charge on any atom is -0.480 e. The lowest BCUT2D eigenvalue weighted by Crippen LogP contribution is -2.55. The molecule has 20 atom stereocenters. The minimum atomic E-state index is -1.02. The van der Waals surface area contributed by atoms with Gasteiger partial charge in [-0.25, -0.2) is 19.2 Å². The fourth-order valence-electron chi connectivity index (χ4n) is 20.0. The average molecular weight is 1650 g/mol. The lowest BCUT2D eigenvalue weighted by Gasteiger charge is -2.35. The first-order chi connectivity index (χ1) is 56.5. The van der Waals surface area contributed by atoms with Gasteiger partial charge in [0.05, 0.1) is 30.8 Å². The highest BCUT2D eigenvalue weighted by molar-refractivity contribution is 5.92. The van der Waals surface area contributed by atoms with Crippen molar-refractivity contribution >= 4 is 93.2 Å². The molecule has 118 heavy (non-hydrogen) atoms. The minimum absolute atomic E-state index is 0.00937. The summed E-state index contributed by atoms with van der Waals surface area (Å²) in [5.41, 5.74) is 15.0. The number of carboxylic acids is 7. The Bertz CT molecular complexity index is 3920. The summed E-state index contributed by atoms with van der Waals surface area (Å²) >= 11 is 0. The zero-order valence-corrected chi connectivity index (χ0v) is 69.0. The number of nitrogens with two attached hydrogens (primary N) is 2. The number of benzene rings is 2. The molecule has 32 heteroatoms. The fraction of sp³-hybridized carbons (Fsp3) is 0.674. The van der Waals surface area contributed by atoms with Gasteiger partial charge in [-0.05, 0) is 223 Å².